The van der Waals surface area contributed by atoms with Crippen LogP contribution in [0.1, 0.15) is 22.8 Å². The van der Waals surface area contributed by atoms with Crippen LogP contribution in [0.15, 0.2) is 18.2 Å². The van der Waals surface area contributed by atoms with Crippen molar-refractivity contribution in [2.45, 2.75) is 6.92 Å². The van der Waals surface area contributed by atoms with Crippen molar-refractivity contribution >= 4 is 17.4 Å². The third-order valence-electron chi connectivity index (χ3n) is 1.63. The molecule has 0 bridgehead atoms. The zero-order valence-corrected chi connectivity index (χ0v) is 8.22. The Morgan fingerprint density at radius 1 is 1.50 bits per heavy atom. The molecule has 0 fully saturated rings. The Labute approximate surface area is 87.1 Å². The van der Waals surface area contributed by atoms with E-state index < -0.39 is 0 Å². The van der Waals surface area contributed by atoms with Crippen LogP contribution < -0.4 is 0 Å². The number of rotatable bonds is 1. The monoisotopic (exact) mass is 203 g/mol. The van der Waals surface area contributed by atoms with E-state index in [-0.39, 0.29) is 5.78 Å². The summed E-state index contributed by atoms with van der Waals surface area (Å²) in [6.07, 6.45) is 0. The minimum Gasteiger partial charge on any atom is -0.295 e. The van der Waals surface area contributed by atoms with E-state index in [0.717, 1.165) is 0 Å². The normalized spacial score (nSPS) is 8.36. The first-order valence-electron chi connectivity index (χ1n) is 3.85. The van der Waals surface area contributed by atoms with Gasteiger partial charge in [-0.1, -0.05) is 17.7 Å². The quantitative estimate of drug-likeness (QED) is 0.520. The number of Topliss-reactive ketones (excluding diaryl/α,β-unsaturated/α-hetero) is 1. The Kier molecular flexibility index (Phi) is 3.29. The van der Waals surface area contributed by atoms with Gasteiger partial charge in [-0.2, -0.15) is 5.26 Å². The Morgan fingerprint density at radius 2 is 2.21 bits per heavy atom. The molecule has 0 heterocycles. The molecule has 0 N–H and O–H groups in total. The van der Waals surface area contributed by atoms with Crippen LogP contribution in [0.3, 0.4) is 0 Å². The van der Waals surface area contributed by atoms with Gasteiger partial charge in [0.1, 0.15) is 0 Å². The van der Waals surface area contributed by atoms with Crippen LogP contribution >= 0.6 is 11.6 Å². The van der Waals surface area contributed by atoms with Gasteiger partial charge in [-0.05, 0) is 25.0 Å². The summed E-state index contributed by atoms with van der Waals surface area (Å²) < 4.78 is 0. The molecule has 68 valence electrons. The maximum atomic E-state index is 11.0. The molecule has 0 aliphatic carbocycles. The van der Waals surface area contributed by atoms with E-state index >= 15 is 0 Å². The molecule has 1 aromatic rings. The summed E-state index contributed by atoms with van der Waals surface area (Å²) in [6, 6.07) is 6.50. The molecule has 0 spiro atoms. The lowest BCUT2D eigenvalue weighted by Gasteiger charge is -1.98. The number of benzene rings is 1. The van der Waals surface area contributed by atoms with Crippen molar-refractivity contribution in [2.75, 3.05) is 0 Å². The van der Waals surface area contributed by atoms with Gasteiger partial charge in [-0.15, -0.1) is 0 Å². The van der Waals surface area contributed by atoms with Gasteiger partial charge in [-0.25, -0.2) is 0 Å². The van der Waals surface area contributed by atoms with E-state index in [1.54, 1.807) is 24.3 Å². The summed E-state index contributed by atoms with van der Waals surface area (Å²) in [5.74, 6) is 4.77. The highest BCUT2D eigenvalue weighted by molar-refractivity contribution is 6.32. The largest absolute Gasteiger partial charge is 0.295 e. The van der Waals surface area contributed by atoms with Crippen LogP contribution in [0.5, 0.6) is 0 Å². The van der Waals surface area contributed by atoms with Crippen LogP contribution in [-0.2, 0) is 0 Å². The van der Waals surface area contributed by atoms with E-state index in [1.165, 1.54) is 6.92 Å². The third-order valence-corrected chi connectivity index (χ3v) is 1.94. The number of ketones is 1. The van der Waals surface area contributed by atoms with Gasteiger partial charge >= 0.3 is 0 Å². The van der Waals surface area contributed by atoms with Crippen LogP contribution in [0.25, 0.3) is 0 Å². The second-order valence-corrected chi connectivity index (χ2v) is 3.02. The highest BCUT2D eigenvalue weighted by atomic mass is 35.5. The predicted octanol–water partition coefficient (Wildman–Crippen LogP) is 2.42. The van der Waals surface area contributed by atoms with Gasteiger partial charge in [0.15, 0.2) is 11.9 Å². The first kappa shape index (κ1) is 10.3. The molecule has 0 amide bonds. The van der Waals surface area contributed by atoms with Gasteiger partial charge in [0.25, 0.3) is 0 Å². The molecule has 0 saturated heterocycles. The van der Waals surface area contributed by atoms with Gasteiger partial charge in [-0.3, -0.25) is 4.79 Å². The average molecular weight is 204 g/mol. The zero-order chi connectivity index (χ0) is 10.6. The molecule has 0 radical (unpaired) electrons. The SMILES string of the molecule is CC(=O)c1ccc(C#CC#N)c(Cl)c1. The van der Waals surface area contributed by atoms with E-state index in [2.05, 4.69) is 11.8 Å². The first-order valence-corrected chi connectivity index (χ1v) is 4.23. The number of nitriles is 1. The molecule has 1 aromatic carbocycles. The van der Waals surface area contributed by atoms with Crippen molar-refractivity contribution in [2.24, 2.45) is 0 Å². The molecule has 0 saturated carbocycles. The van der Waals surface area contributed by atoms with Crippen LogP contribution in [0.4, 0.5) is 0 Å². The second kappa shape index (κ2) is 4.46. The van der Waals surface area contributed by atoms with E-state index in [9.17, 15) is 4.79 Å². The number of halogens is 1. The minimum absolute atomic E-state index is 0.0494. The minimum atomic E-state index is -0.0494. The highest BCUT2D eigenvalue weighted by Gasteiger charge is 2.02. The van der Waals surface area contributed by atoms with Gasteiger partial charge in [0, 0.05) is 17.0 Å². The molecule has 1 rings (SSSR count). The molecule has 0 aromatic heterocycles. The van der Waals surface area contributed by atoms with Crippen molar-refractivity contribution in [3.63, 3.8) is 0 Å². The molecule has 0 unspecified atom stereocenters. The van der Waals surface area contributed by atoms with E-state index in [0.29, 0.717) is 16.1 Å². The molecule has 14 heavy (non-hydrogen) atoms. The van der Waals surface area contributed by atoms with Crippen molar-refractivity contribution in [3.8, 4) is 17.9 Å². The summed E-state index contributed by atoms with van der Waals surface area (Å²) in [6.45, 7) is 1.46. The predicted molar refractivity (Wildman–Crippen MR) is 53.9 cm³/mol. The fraction of sp³-hybridized carbons (Fsp3) is 0.0909. The van der Waals surface area contributed by atoms with Gasteiger partial charge < -0.3 is 0 Å². The Morgan fingerprint density at radius 3 is 2.71 bits per heavy atom. The number of hydrogen-bond acceptors (Lipinski definition) is 2. The summed E-state index contributed by atoms with van der Waals surface area (Å²) >= 11 is 5.85. The molecule has 2 nitrogen and oxygen atoms in total. The van der Waals surface area contributed by atoms with Crippen LogP contribution in [0.2, 0.25) is 5.02 Å². The van der Waals surface area contributed by atoms with Crippen molar-refractivity contribution in [1.29, 1.82) is 5.26 Å². The molecule has 0 atom stereocenters. The number of hydrogen-bond donors (Lipinski definition) is 0. The summed E-state index contributed by atoms with van der Waals surface area (Å²) in [5, 5.41) is 8.63. The summed E-state index contributed by atoms with van der Waals surface area (Å²) in [4.78, 5) is 11.0. The van der Waals surface area contributed by atoms with Gasteiger partial charge in [0.2, 0.25) is 0 Å². The van der Waals surface area contributed by atoms with E-state index in [4.69, 9.17) is 16.9 Å². The van der Waals surface area contributed by atoms with Crippen LogP contribution in [0, 0.1) is 23.2 Å². The Balaban J connectivity index is 3.15. The zero-order valence-electron chi connectivity index (χ0n) is 7.47. The average Bonchev–Trinajstić information content (AvgIpc) is 2.15. The highest BCUT2D eigenvalue weighted by Crippen LogP contribution is 2.17. The Hall–Kier alpha value is -1.77. The number of carbonyl (C=O) groups is 1. The maximum Gasteiger partial charge on any atom is 0.159 e. The standard InChI is InChI=1S/C11H6ClNO/c1-8(14)10-5-4-9(3-2-6-13)11(12)7-10/h4-5,7H,1H3. The molecule has 3 heteroatoms. The fourth-order valence-electron chi connectivity index (χ4n) is 0.931. The lowest BCUT2D eigenvalue weighted by molar-refractivity contribution is 0.101. The number of nitrogens with zero attached hydrogens (tertiary/aromatic N) is 1. The summed E-state index contributed by atoms with van der Waals surface area (Å²) in [7, 11) is 0. The topological polar surface area (TPSA) is 40.9 Å². The fourth-order valence-corrected chi connectivity index (χ4v) is 1.16. The molecular weight excluding hydrogens is 198 g/mol. The van der Waals surface area contributed by atoms with Crippen molar-refractivity contribution in [3.05, 3.63) is 34.3 Å². The molecule has 0 aliphatic rings. The smallest absolute Gasteiger partial charge is 0.159 e. The maximum absolute atomic E-state index is 11.0. The third kappa shape index (κ3) is 2.36. The van der Waals surface area contributed by atoms with Gasteiger partial charge in [0.05, 0.1) is 5.02 Å². The van der Waals surface area contributed by atoms with Crippen LogP contribution in [-0.4, -0.2) is 5.78 Å². The molecule has 0 aliphatic heterocycles. The van der Waals surface area contributed by atoms with Crippen molar-refractivity contribution in [1.82, 2.24) is 0 Å². The first-order chi connectivity index (χ1) is 6.65. The lowest BCUT2D eigenvalue weighted by atomic mass is 10.1. The van der Waals surface area contributed by atoms with Crippen molar-refractivity contribution < 1.29 is 4.79 Å². The lowest BCUT2D eigenvalue weighted by Crippen LogP contribution is -1.92. The van der Waals surface area contributed by atoms with E-state index in [1.807, 2.05) is 0 Å². The Bertz CT molecular complexity index is 474. The molecular formula is C11H6ClNO. The summed E-state index contributed by atoms with van der Waals surface area (Å²) in [5.41, 5.74) is 1.09. The second-order valence-electron chi connectivity index (χ2n) is 2.61. The number of carbonyl (C=O) groups excluding carboxylic acids is 1.